The number of hydrogen-bond donors (Lipinski definition) is 3. The summed E-state index contributed by atoms with van der Waals surface area (Å²) in [7, 11) is 0. The van der Waals surface area contributed by atoms with Crippen molar-refractivity contribution in [2.24, 2.45) is 0 Å². The van der Waals surface area contributed by atoms with Crippen LogP contribution in [-0.2, 0) is 5.41 Å². The van der Waals surface area contributed by atoms with Crippen molar-refractivity contribution in [2.75, 3.05) is 10.6 Å². The van der Waals surface area contributed by atoms with E-state index < -0.39 is 17.1 Å². The average molecular weight is 415 g/mol. The minimum atomic E-state index is -0.717. The first-order chi connectivity index (χ1) is 14.9. The van der Waals surface area contributed by atoms with E-state index in [1.165, 1.54) is 30.9 Å². The van der Waals surface area contributed by atoms with Gasteiger partial charge in [-0.25, -0.2) is 19.3 Å². The summed E-state index contributed by atoms with van der Waals surface area (Å²) >= 11 is 0. The second kappa shape index (κ2) is 7.84. The molecule has 0 atom stereocenters. The number of amides is 1. The predicted molar refractivity (Wildman–Crippen MR) is 114 cm³/mol. The van der Waals surface area contributed by atoms with Crippen molar-refractivity contribution in [2.45, 2.75) is 19.3 Å². The van der Waals surface area contributed by atoms with Crippen molar-refractivity contribution in [1.29, 1.82) is 5.26 Å². The molecule has 3 N–H and O–H groups in total. The van der Waals surface area contributed by atoms with E-state index >= 15 is 0 Å². The maximum atomic E-state index is 14.4. The molecule has 0 saturated heterocycles. The maximum Gasteiger partial charge on any atom is 0.258 e. The fraction of sp³-hybridized carbons (Fsp3) is 0.136. The Labute approximate surface area is 177 Å². The third-order valence-corrected chi connectivity index (χ3v) is 4.82. The summed E-state index contributed by atoms with van der Waals surface area (Å²) in [6.07, 6.45) is 2.86. The van der Waals surface area contributed by atoms with Crippen LogP contribution in [0.2, 0.25) is 0 Å². The van der Waals surface area contributed by atoms with Gasteiger partial charge in [0.15, 0.2) is 11.5 Å². The molecular weight excluding hydrogens is 397 g/mol. The summed E-state index contributed by atoms with van der Waals surface area (Å²) in [5.41, 5.74) is 1.92. The lowest BCUT2D eigenvalue weighted by molar-refractivity contribution is 0.102. The number of benzene rings is 2. The van der Waals surface area contributed by atoms with Crippen LogP contribution in [0.25, 0.3) is 11.2 Å². The molecule has 31 heavy (non-hydrogen) atoms. The van der Waals surface area contributed by atoms with Gasteiger partial charge in [0.2, 0.25) is 0 Å². The predicted octanol–water partition coefficient (Wildman–Crippen LogP) is 4.29. The number of hydrogen-bond acceptors (Lipinski definition) is 6. The molecule has 0 unspecified atom stereocenters. The van der Waals surface area contributed by atoms with Gasteiger partial charge in [-0.05, 0) is 49.7 Å². The van der Waals surface area contributed by atoms with Crippen molar-refractivity contribution in [1.82, 2.24) is 19.9 Å². The first-order valence-corrected chi connectivity index (χ1v) is 9.41. The van der Waals surface area contributed by atoms with Gasteiger partial charge in [-0.1, -0.05) is 12.1 Å². The van der Waals surface area contributed by atoms with Crippen LogP contribution in [0.3, 0.4) is 0 Å². The highest BCUT2D eigenvalue weighted by molar-refractivity contribution is 6.05. The van der Waals surface area contributed by atoms with E-state index in [9.17, 15) is 14.4 Å². The Hall–Kier alpha value is -4.32. The van der Waals surface area contributed by atoms with Gasteiger partial charge in [-0.2, -0.15) is 5.26 Å². The number of anilines is 3. The van der Waals surface area contributed by atoms with E-state index in [2.05, 4.69) is 36.6 Å². The molecule has 4 aromatic rings. The molecule has 0 spiro atoms. The SMILES string of the molecule is CC(C)(C#N)c1cccc(NC(=O)c2cc(Nc3ncnc4nc[nH]c34)ccc2F)c1. The van der Waals surface area contributed by atoms with Crippen molar-refractivity contribution >= 4 is 34.3 Å². The molecule has 2 heterocycles. The normalized spacial score (nSPS) is 11.2. The van der Waals surface area contributed by atoms with Gasteiger partial charge >= 0.3 is 0 Å². The highest BCUT2D eigenvalue weighted by Crippen LogP contribution is 2.26. The molecular formula is C22H18FN7O. The van der Waals surface area contributed by atoms with Gasteiger partial charge in [0.25, 0.3) is 5.91 Å². The number of nitrogens with zero attached hydrogens (tertiary/aromatic N) is 4. The summed E-state index contributed by atoms with van der Waals surface area (Å²) in [6, 6.07) is 13.3. The van der Waals surface area contributed by atoms with E-state index in [-0.39, 0.29) is 5.56 Å². The van der Waals surface area contributed by atoms with E-state index in [1.807, 2.05) is 6.07 Å². The molecule has 0 saturated carbocycles. The first-order valence-electron chi connectivity index (χ1n) is 9.41. The quantitative estimate of drug-likeness (QED) is 0.447. The summed E-state index contributed by atoms with van der Waals surface area (Å²) in [5.74, 6) is -0.819. The summed E-state index contributed by atoms with van der Waals surface area (Å²) < 4.78 is 14.4. The maximum absolute atomic E-state index is 14.4. The molecule has 8 nitrogen and oxygen atoms in total. The van der Waals surface area contributed by atoms with Crippen molar-refractivity contribution in [3.63, 3.8) is 0 Å². The number of carbonyl (C=O) groups excluding carboxylic acids is 1. The lowest BCUT2D eigenvalue weighted by atomic mass is 9.86. The highest BCUT2D eigenvalue weighted by Gasteiger charge is 2.20. The number of fused-ring (bicyclic) bond motifs is 1. The molecule has 0 aliphatic heterocycles. The number of aromatic nitrogens is 4. The zero-order valence-electron chi connectivity index (χ0n) is 16.8. The molecule has 2 aromatic carbocycles. The van der Waals surface area contributed by atoms with E-state index in [0.29, 0.717) is 28.4 Å². The van der Waals surface area contributed by atoms with Crippen molar-refractivity contribution in [3.8, 4) is 6.07 Å². The molecule has 0 aliphatic rings. The number of imidazole rings is 1. The van der Waals surface area contributed by atoms with Crippen LogP contribution in [0.15, 0.2) is 55.1 Å². The second-order valence-corrected chi connectivity index (χ2v) is 7.41. The average Bonchev–Trinajstić information content (AvgIpc) is 3.25. The molecule has 4 rings (SSSR count). The number of nitrogens with one attached hydrogen (secondary N) is 3. The standard InChI is InChI=1S/C22H18FN7O/c1-22(2,10-24)13-4-3-5-14(8-13)30-21(31)16-9-15(6-7-17(16)23)29-20-18-19(26-11-25-18)27-12-28-20/h3-9,11-12H,1-2H3,(H,30,31)(H2,25,26,27,28,29). The van der Waals surface area contributed by atoms with Gasteiger partial charge < -0.3 is 15.6 Å². The fourth-order valence-electron chi connectivity index (χ4n) is 3.02. The third kappa shape index (κ3) is 4.04. The topological polar surface area (TPSA) is 119 Å². The molecule has 0 radical (unpaired) electrons. The van der Waals surface area contributed by atoms with Crippen LogP contribution in [0.4, 0.5) is 21.6 Å². The number of aromatic amines is 1. The zero-order chi connectivity index (χ0) is 22.0. The fourth-order valence-corrected chi connectivity index (χ4v) is 3.02. The van der Waals surface area contributed by atoms with E-state index in [4.69, 9.17) is 0 Å². The molecule has 0 fully saturated rings. The molecule has 1 amide bonds. The Kier molecular flexibility index (Phi) is 5.05. The summed E-state index contributed by atoms with van der Waals surface area (Å²) in [6.45, 7) is 3.57. The number of H-pyrrole nitrogens is 1. The third-order valence-electron chi connectivity index (χ3n) is 4.82. The molecule has 0 bridgehead atoms. The van der Waals surface area contributed by atoms with Crippen LogP contribution < -0.4 is 10.6 Å². The molecule has 2 aromatic heterocycles. The first kappa shape index (κ1) is 20.0. The summed E-state index contributed by atoms with van der Waals surface area (Å²) in [4.78, 5) is 28.0. The van der Waals surface area contributed by atoms with Crippen LogP contribution in [0, 0.1) is 17.1 Å². The Morgan fingerprint density at radius 1 is 1.13 bits per heavy atom. The van der Waals surface area contributed by atoms with Crippen LogP contribution in [0.1, 0.15) is 29.8 Å². The minimum absolute atomic E-state index is 0.134. The number of rotatable bonds is 5. The van der Waals surface area contributed by atoms with E-state index in [1.54, 1.807) is 32.0 Å². The van der Waals surface area contributed by atoms with Gasteiger partial charge in [0.1, 0.15) is 17.7 Å². The van der Waals surface area contributed by atoms with Gasteiger partial charge in [0.05, 0.1) is 23.4 Å². The van der Waals surface area contributed by atoms with E-state index in [0.717, 1.165) is 5.56 Å². The Morgan fingerprint density at radius 2 is 1.97 bits per heavy atom. The molecule has 154 valence electrons. The van der Waals surface area contributed by atoms with Gasteiger partial charge in [-0.15, -0.1) is 0 Å². The monoisotopic (exact) mass is 415 g/mol. The highest BCUT2D eigenvalue weighted by atomic mass is 19.1. The van der Waals surface area contributed by atoms with Crippen LogP contribution in [0.5, 0.6) is 0 Å². The van der Waals surface area contributed by atoms with Gasteiger partial charge in [0, 0.05) is 11.4 Å². The summed E-state index contributed by atoms with van der Waals surface area (Å²) in [5, 5.41) is 15.1. The zero-order valence-corrected chi connectivity index (χ0v) is 16.8. The largest absolute Gasteiger partial charge is 0.340 e. The smallest absolute Gasteiger partial charge is 0.258 e. The van der Waals surface area contributed by atoms with Crippen LogP contribution >= 0.6 is 0 Å². The Balaban J connectivity index is 1.59. The lowest BCUT2D eigenvalue weighted by Crippen LogP contribution is -2.17. The number of halogens is 1. The van der Waals surface area contributed by atoms with Crippen LogP contribution in [-0.4, -0.2) is 25.8 Å². The van der Waals surface area contributed by atoms with Crippen molar-refractivity contribution in [3.05, 3.63) is 72.1 Å². The minimum Gasteiger partial charge on any atom is -0.340 e. The number of nitriles is 1. The Morgan fingerprint density at radius 3 is 2.77 bits per heavy atom. The second-order valence-electron chi connectivity index (χ2n) is 7.41. The van der Waals surface area contributed by atoms with Gasteiger partial charge in [-0.3, -0.25) is 4.79 Å². The molecule has 9 heteroatoms. The Bertz CT molecular complexity index is 1320. The lowest BCUT2D eigenvalue weighted by Gasteiger charge is -2.17. The van der Waals surface area contributed by atoms with Crippen molar-refractivity contribution < 1.29 is 9.18 Å². The molecule has 0 aliphatic carbocycles. The number of carbonyl (C=O) groups is 1.